The number of hydrogen-bond donors (Lipinski definition) is 1. The van der Waals surface area contributed by atoms with Crippen LogP contribution in [0.3, 0.4) is 0 Å². The van der Waals surface area contributed by atoms with Gasteiger partial charge >= 0.3 is 0 Å². The Bertz CT molecular complexity index is 435. The van der Waals surface area contributed by atoms with E-state index in [0.29, 0.717) is 0 Å². The average molecular weight is 309 g/mol. The van der Waals surface area contributed by atoms with Gasteiger partial charge in [0.2, 0.25) is 0 Å². The Hall–Kier alpha value is -0.690. The molecule has 1 aliphatic heterocycles. The third kappa shape index (κ3) is 4.64. The first kappa shape index (κ1) is 15.2. The molecule has 21 heavy (non-hydrogen) atoms. The standard InChI is InChI=1S/C15H27N5S/c1-18(2)5-6-19-7-9-20(10-8-19)15-17-12-14(21-15)11-16-13-3-4-13/h12-13,16H,3-11H2,1-2H3. The summed E-state index contributed by atoms with van der Waals surface area (Å²) in [5.74, 6) is 0. The number of nitrogens with one attached hydrogen (secondary N) is 1. The Morgan fingerprint density at radius 2 is 2.05 bits per heavy atom. The van der Waals surface area contributed by atoms with Gasteiger partial charge in [0.25, 0.3) is 0 Å². The number of likely N-dealkylation sites (N-methyl/N-ethyl adjacent to an activating group) is 1. The lowest BCUT2D eigenvalue weighted by Gasteiger charge is -2.35. The Morgan fingerprint density at radius 3 is 2.71 bits per heavy atom. The highest BCUT2D eigenvalue weighted by atomic mass is 32.1. The van der Waals surface area contributed by atoms with E-state index in [9.17, 15) is 0 Å². The molecular weight excluding hydrogens is 282 g/mol. The van der Waals surface area contributed by atoms with Crippen LogP contribution < -0.4 is 10.2 Å². The van der Waals surface area contributed by atoms with Crippen molar-refractivity contribution in [2.75, 3.05) is 58.3 Å². The van der Waals surface area contributed by atoms with Crippen LogP contribution in [0.25, 0.3) is 0 Å². The molecule has 1 N–H and O–H groups in total. The molecule has 0 radical (unpaired) electrons. The van der Waals surface area contributed by atoms with Gasteiger partial charge < -0.3 is 15.1 Å². The number of piperazine rings is 1. The maximum Gasteiger partial charge on any atom is 0.185 e. The highest BCUT2D eigenvalue weighted by molar-refractivity contribution is 7.15. The molecule has 1 saturated heterocycles. The van der Waals surface area contributed by atoms with Gasteiger partial charge in [0.15, 0.2) is 5.13 Å². The average Bonchev–Trinajstić information content (AvgIpc) is 3.20. The fourth-order valence-corrected chi connectivity index (χ4v) is 3.47. The molecule has 0 unspecified atom stereocenters. The quantitative estimate of drug-likeness (QED) is 0.815. The second-order valence-electron chi connectivity index (χ2n) is 6.40. The van der Waals surface area contributed by atoms with E-state index >= 15 is 0 Å². The van der Waals surface area contributed by atoms with Gasteiger partial charge in [0.05, 0.1) is 0 Å². The van der Waals surface area contributed by atoms with Gasteiger partial charge in [-0.15, -0.1) is 11.3 Å². The van der Waals surface area contributed by atoms with E-state index in [1.54, 1.807) is 0 Å². The second kappa shape index (κ2) is 7.05. The van der Waals surface area contributed by atoms with E-state index in [2.05, 4.69) is 39.1 Å². The predicted octanol–water partition coefficient (Wildman–Crippen LogP) is 1.08. The van der Waals surface area contributed by atoms with Crippen LogP contribution in [0, 0.1) is 0 Å². The van der Waals surface area contributed by atoms with E-state index in [1.807, 2.05) is 17.5 Å². The van der Waals surface area contributed by atoms with Crippen LogP contribution in [0.4, 0.5) is 5.13 Å². The number of aromatic nitrogens is 1. The van der Waals surface area contributed by atoms with Gasteiger partial charge in [0.1, 0.15) is 0 Å². The molecule has 5 nitrogen and oxygen atoms in total. The summed E-state index contributed by atoms with van der Waals surface area (Å²) < 4.78 is 0. The van der Waals surface area contributed by atoms with Crippen molar-refractivity contribution in [1.82, 2.24) is 20.1 Å². The minimum atomic E-state index is 0.774. The van der Waals surface area contributed by atoms with Crippen molar-refractivity contribution < 1.29 is 0 Å². The summed E-state index contributed by atoms with van der Waals surface area (Å²) >= 11 is 1.85. The van der Waals surface area contributed by atoms with E-state index in [1.165, 1.54) is 29.4 Å². The molecule has 2 fully saturated rings. The first-order chi connectivity index (χ1) is 10.2. The van der Waals surface area contributed by atoms with Crippen LogP contribution in [0.5, 0.6) is 0 Å². The third-order valence-corrected chi connectivity index (χ3v) is 5.25. The zero-order valence-corrected chi connectivity index (χ0v) is 14.0. The van der Waals surface area contributed by atoms with E-state index in [4.69, 9.17) is 0 Å². The fraction of sp³-hybridized carbons (Fsp3) is 0.800. The Balaban J connectivity index is 1.43. The molecule has 0 aromatic carbocycles. The van der Waals surface area contributed by atoms with Crippen LogP contribution in [-0.2, 0) is 6.54 Å². The van der Waals surface area contributed by atoms with E-state index in [-0.39, 0.29) is 0 Å². The lowest BCUT2D eigenvalue weighted by molar-refractivity contribution is 0.229. The molecule has 1 aromatic heterocycles. The summed E-state index contributed by atoms with van der Waals surface area (Å²) in [7, 11) is 4.28. The molecule has 1 saturated carbocycles. The number of hydrogen-bond acceptors (Lipinski definition) is 6. The Kier molecular flexibility index (Phi) is 5.11. The summed E-state index contributed by atoms with van der Waals surface area (Å²) in [5.41, 5.74) is 0. The smallest absolute Gasteiger partial charge is 0.185 e. The topological polar surface area (TPSA) is 34.6 Å². The molecule has 2 heterocycles. The van der Waals surface area contributed by atoms with Crippen molar-refractivity contribution in [3.63, 3.8) is 0 Å². The summed E-state index contributed by atoms with van der Waals surface area (Å²) in [4.78, 5) is 13.2. The normalized spacial score (nSPS) is 20.4. The minimum Gasteiger partial charge on any atom is -0.346 e. The van der Waals surface area contributed by atoms with Gasteiger partial charge in [-0.05, 0) is 26.9 Å². The predicted molar refractivity (Wildman–Crippen MR) is 89.2 cm³/mol. The van der Waals surface area contributed by atoms with Crippen molar-refractivity contribution in [2.24, 2.45) is 0 Å². The van der Waals surface area contributed by atoms with Crippen molar-refractivity contribution in [1.29, 1.82) is 0 Å². The van der Waals surface area contributed by atoms with Gasteiger partial charge in [-0.2, -0.15) is 0 Å². The summed E-state index contributed by atoms with van der Waals surface area (Å²) in [6.45, 7) is 7.84. The molecule has 1 aromatic rings. The summed E-state index contributed by atoms with van der Waals surface area (Å²) in [6, 6.07) is 0.774. The molecule has 1 aliphatic carbocycles. The number of nitrogens with zero attached hydrogens (tertiary/aromatic N) is 4. The van der Waals surface area contributed by atoms with Crippen LogP contribution >= 0.6 is 11.3 Å². The maximum absolute atomic E-state index is 4.62. The molecule has 0 bridgehead atoms. The van der Waals surface area contributed by atoms with Gasteiger partial charge in [0, 0.05) is 62.9 Å². The number of thiazole rings is 1. The van der Waals surface area contributed by atoms with Crippen molar-refractivity contribution in [3.8, 4) is 0 Å². The zero-order valence-electron chi connectivity index (χ0n) is 13.2. The van der Waals surface area contributed by atoms with Crippen LogP contribution in [-0.4, -0.2) is 74.2 Å². The first-order valence-corrected chi connectivity index (χ1v) is 8.82. The Labute approximate surface area is 131 Å². The molecule has 2 aliphatic rings. The molecule has 3 rings (SSSR count). The summed E-state index contributed by atoms with van der Waals surface area (Å²) in [6.07, 6.45) is 4.74. The number of anilines is 1. The highest BCUT2D eigenvalue weighted by Crippen LogP contribution is 2.25. The zero-order chi connectivity index (χ0) is 14.7. The summed E-state index contributed by atoms with van der Waals surface area (Å²) in [5, 5.41) is 4.77. The van der Waals surface area contributed by atoms with E-state index in [0.717, 1.165) is 45.3 Å². The lowest BCUT2D eigenvalue weighted by atomic mass is 10.3. The largest absolute Gasteiger partial charge is 0.346 e. The second-order valence-corrected chi connectivity index (χ2v) is 7.49. The fourth-order valence-electron chi connectivity index (χ4n) is 2.56. The monoisotopic (exact) mass is 309 g/mol. The minimum absolute atomic E-state index is 0.774. The Morgan fingerprint density at radius 1 is 1.29 bits per heavy atom. The van der Waals surface area contributed by atoms with E-state index < -0.39 is 0 Å². The SMILES string of the molecule is CN(C)CCN1CCN(c2ncc(CNC3CC3)s2)CC1. The van der Waals surface area contributed by atoms with Crippen molar-refractivity contribution in [2.45, 2.75) is 25.4 Å². The molecular formula is C15H27N5S. The molecule has 0 atom stereocenters. The van der Waals surface area contributed by atoms with Gasteiger partial charge in [-0.1, -0.05) is 0 Å². The highest BCUT2D eigenvalue weighted by Gasteiger charge is 2.22. The van der Waals surface area contributed by atoms with Crippen LogP contribution in [0.2, 0.25) is 0 Å². The molecule has 118 valence electrons. The van der Waals surface area contributed by atoms with Gasteiger partial charge in [-0.25, -0.2) is 4.98 Å². The molecule has 0 amide bonds. The van der Waals surface area contributed by atoms with Gasteiger partial charge in [-0.3, -0.25) is 4.90 Å². The van der Waals surface area contributed by atoms with Crippen molar-refractivity contribution in [3.05, 3.63) is 11.1 Å². The van der Waals surface area contributed by atoms with Crippen LogP contribution in [0.15, 0.2) is 6.20 Å². The lowest BCUT2D eigenvalue weighted by Crippen LogP contribution is -2.48. The molecule has 0 spiro atoms. The third-order valence-electron chi connectivity index (χ3n) is 4.19. The number of rotatable bonds is 7. The van der Waals surface area contributed by atoms with Crippen LogP contribution in [0.1, 0.15) is 17.7 Å². The maximum atomic E-state index is 4.62. The molecule has 6 heteroatoms. The van der Waals surface area contributed by atoms with Crippen molar-refractivity contribution >= 4 is 16.5 Å². The first-order valence-electron chi connectivity index (χ1n) is 8.01.